The first-order valence-electron chi connectivity index (χ1n) is 6.61. The van der Waals surface area contributed by atoms with Gasteiger partial charge in [-0.2, -0.15) is 0 Å². The summed E-state index contributed by atoms with van der Waals surface area (Å²) in [7, 11) is 0. The van der Waals surface area contributed by atoms with E-state index in [2.05, 4.69) is 23.7 Å². The monoisotopic (exact) mass is 278 g/mol. The number of hydrogen-bond acceptors (Lipinski definition) is 0. The van der Waals surface area contributed by atoms with Gasteiger partial charge in [-0.15, -0.1) is 11.6 Å². The summed E-state index contributed by atoms with van der Waals surface area (Å²) in [6, 6.07) is 17.9. The molecule has 0 N–H and O–H groups in total. The van der Waals surface area contributed by atoms with Crippen molar-refractivity contribution in [2.24, 2.45) is 0 Å². The van der Waals surface area contributed by atoms with Crippen LogP contribution in [0.25, 0.3) is 0 Å². The summed E-state index contributed by atoms with van der Waals surface area (Å²) in [5.74, 6) is 13.3. The molecule has 0 aromatic heterocycles. The highest BCUT2D eigenvalue weighted by atomic mass is 35.5. The Balaban J connectivity index is 2.20. The largest absolute Gasteiger partial charge is 0.127 e. The third-order valence-electron chi connectivity index (χ3n) is 2.70. The SMILES string of the molecule is ClCCCC#Cc1ccccc1C#Cc1ccccc1. The fourth-order valence-corrected chi connectivity index (χ4v) is 1.81. The van der Waals surface area contributed by atoms with Crippen LogP contribution in [0, 0.1) is 23.7 Å². The minimum absolute atomic E-state index is 0.657. The number of unbranched alkanes of at least 4 members (excludes halogenated alkanes) is 1. The van der Waals surface area contributed by atoms with Gasteiger partial charge in [0.2, 0.25) is 0 Å². The summed E-state index contributed by atoms with van der Waals surface area (Å²) in [5, 5.41) is 0. The molecule has 0 amide bonds. The van der Waals surface area contributed by atoms with Gasteiger partial charge in [0.15, 0.2) is 0 Å². The van der Waals surface area contributed by atoms with Crippen molar-refractivity contribution < 1.29 is 0 Å². The molecular formula is C19H15Cl. The van der Waals surface area contributed by atoms with Crippen LogP contribution in [0.15, 0.2) is 54.6 Å². The van der Waals surface area contributed by atoms with E-state index in [1.165, 1.54) is 0 Å². The van der Waals surface area contributed by atoms with Crippen LogP contribution in [0.5, 0.6) is 0 Å². The quantitative estimate of drug-likeness (QED) is 0.432. The number of hydrogen-bond donors (Lipinski definition) is 0. The second-order valence-electron chi connectivity index (χ2n) is 4.26. The van der Waals surface area contributed by atoms with Gasteiger partial charge in [-0.05, 0) is 30.7 Å². The van der Waals surface area contributed by atoms with Gasteiger partial charge >= 0.3 is 0 Å². The van der Waals surface area contributed by atoms with E-state index in [-0.39, 0.29) is 0 Å². The highest BCUT2D eigenvalue weighted by Crippen LogP contribution is 2.06. The van der Waals surface area contributed by atoms with Gasteiger partial charge in [-0.3, -0.25) is 0 Å². The summed E-state index contributed by atoms with van der Waals surface area (Å²) in [4.78, 5) is 0. The molecule has 0 saturated carbocycles. The van der Waals surface area contributed by atoms with E-state index in [1.807, 2.05) is 54.6 Å². The smallest absolute Gasteiger partial charge is 0.0405 e. The maximum Gasteiger partial charge on any atom is 0.0405 e. The molecule has 2 aromatic carbocycles. The fourth-order valence-electron chi connectivity index (χ4n) is 1.68. The summed E-state index contributed by atoms with van der Waals surface area (Å²) < 4.78 is 0. The van der Waals surface area contributed by atoms with Crippen LogP contribution in [-0.4, -0.2) is 5.88 Å². The Bertz CT molecular complexity index is 663. The summed E-state index contributed by atoms with van der Waals surface area (Å²) in [5.41, 5.74) is 2.96. The average molecular weight is 279 g/mol. The highest BCUT2D eigenvalue weighted by Gasteiger charge is 1.94. The van der Waals surface area contributed by atoms with Crippen LogP contribution >= 0.6 is 11.6 Å². The molecule has 0 aliphatic rings. The molecule has 0 atom stereocenters. The molecule has 2 rings (SSSR count). The molecule has 20 heavy (non-hydrogen) atoms. The molecule has 0 radical (unpaired) electrons. The van der Waals surface area contributed by atoms with E-state index in [9.17, 15) is 0 Å². The van der Waals surface area contributed by atoms with Crippen LogP contribution in [0.3, 0.4) is 0 Å². The lowest BCUT2D eigenvalue weighted by atomic mass is 10.1. The molecule has 1 heteroatoms. The molecule has 2 aromatic rings. The van der Waals surface area contributed by atoms with Crippen LogP contribution < -0.4 is 0 Å². The Kier molecular flexibility index (Phi) is 5.78. The zero-order chi connectivity index (χ0) is 14.0. The Morgan fingerprint density at radius 2 is 1.40 bits per heavy atom. The Morgan fingerprint density at radius 1 is 0.750 bits per heavy atom. The fraction of sp³-hybridized carbons (Fsp3) is 0.158. The van der Waals surface area contributed by atoms with Crippen LogP contribution in [0.1, 0.15) is 29.5 Å². The third kappa shape index (κ3) is 4.51. The van der Waals surface area contributed by atoms with E-state index < -0.39 is 0 Å². The molecule has 0 fully saturated rings. The summed E-state index contributed by atoms with van der Waals surface area (Å²) in [6.07, 6.45) is 1.75. The first-order chi connectivity index (χ1) is 9.90. The molecule has 0 aliphatic heterocycles. The maximum atomic E-state index is 5.64. The normalized spacial score (nSPS) is 9.05. The van der Waals surface area contributed by atoms with E-state index in [0.29, 0.717) is 5.88 Å². The van der Waals surface area contributed by atoms with Crippen molar-refractivity contribution in [1.29, 1.82) is 0 Å². The topological polar surface area (TPSA) is 0 Å². The van der Waals surface area contributed by atoms with Crippen molar-refractivity contribution in [3.05, 3.63) is 71.3 Å². The van der Waals surface area contributed by atoms with Gasteiger partial charge in [0.05, 0.1) is 0 Å². The molecule has 0 aliphatic carbocycles. The first-order valence-corrected chi connectivity index (χ1v) is 7.14. The predicted octanol–water partition coefficient (Wildman–Crippen LogP) is 4.46. The van der Waals surface area contributed by atoms with Gasteiger partial charge in [0.1, 0.15) is 0 Å². The maximum absolute atomic E-state index is 5.64. The van der Waals surface area contributed by atoms with Gasteiger partial charge in [-0.1, -0.05) is 54.0 Å². The van der Waals surface area contributed by atoms with Crippen molar-refractivity contribution in [2.45, 2.75) is 12.8 Å². The summed E-state index contributed by atoms with van der Waals surface area (Å²) >= 11 is 5.64. The molecule has 0 bridgehead atoms. The van der Waals surface area contributed by atoms with Crippen molar-refractivity contribution in [3.63, 3.8) is 0 Å². The van der Waals surface area contributed by atoms with Crippen LogP contribution in [-0.2, 0) is 0 Å². The third-order valence-corrected chi connectivity index (χ3v) is 2.97. The van der Waals surface area contributed by atoms with E-state index in [4.69, 9.17) is 11.6 Å². The standard InChI is InChI=1S/C19H15Cl/c20-16-8-2-5-11-18-12-6-7-13-19(18)15-14-17-9-3-1-4-10-17/h1,3-4,6-7,9-10,12-13H,2,8,16H2. The van der Waals surface area contributed by atoms with E-state index in [1.54, 1.807) is 0 Å². The molecule has 0 nitrogen and oxygen atoms in total. The molecule has 0 unspecified atom stereocenters. The second kappa shape index (κ2) is 8.11. The average Bonchev–Trinajstić information content (AvgIpc) is 2.51. The number of benzene rings is 2. The molecule has 0 spiro atoms. The zero-order valence-corrected chi connectivity index (χ0v) is 12.0. The zero-order valence-electron chi connectivity index (χ0n) is 11.2. The second-order valence-corrected chi connectivity index (χ2v) is 4.63. The lowest BCUT2D eigenvalue weighted by Crippen LogP contribution is -1.83. The Hall–Kier alpha value is -2.15. The molecule has 0 saturated heterocycles. The van der Waals surface area contributed by atoms with Crippen LogP contribution in [0.4, 0.5) is 0 Å². The van der Waals surface area contributed by atoms with Gasteiger partial charge in [0, 0.05) is 29.0 Å². The Labute approximate surface area is 125 Å². The van der Waals surface area contributed by atoms with Gasteiger partial charge in [-0.25, -0.2) is 0 Å². The van der Waals surface area contributed by atoms with Crippen molar-refractivity contribution in [2.75, 3.05) is 5.88 Å². The number of alkyl halides is 1. The Morgan fingerprint density at radius 3 is 2.10 bits per heavy atom. The predicted molar refractivity (Wildman–Crippen MR) is 85.7 cm³/mol. The van der Waals surface area contributed by atoms with Crippen molar-refractivity contribution in [1.82, 2.24) is 0 Å². The van der Waals surface area contributed by atoms with E-state index >= 15 is 0 Å². The van der Waals surface area contributed by atoms with Crippen molar-refractivity contribution in [3.8, 4) is 23.7 Å². The highest BCUT2D eigenvalue weighted by molar-refractivity contribution is 6.17. The number of rotatable bonds is 2. The number of halogens is 1. The minimum Gasteiger partial charge on any atom is -0.127 e. The molecule has 0 heterocycles. The summed E-state index contributed by atoms with van der Waals surface area (Å²) in [6.45, 7) is 0. The van der Waals surface area contributed by atoms with E-state index in [0.717, 1.165) is 29.5 Å². The lowest BCUT2D eigenvalue weighted by Gasteiger charge is -1.95. The van der Waals surface area contributed by atoms with Gasteiger partial charge in [0.25, 0.3) is 0 Å². The van der Waals surface area contributed by atoms with Crippen molar-refractivity contribution >= 4 is 11.6 Å². The van der Waals surface area contributed by atoms with Gasteiger partial charge < -0.3 is 0 Å². The lowest BCUT2D eigenvalue weighted by molar-refractivity contribution is 0.991. The first kappa shape index (κ1) is 14.3. The molecule has 98 valence electrons. The van der Waals surface area contributed by atoms with Crippen LogP contribution in [0.2, 0.25) is 0 Å². The minimum atomic E-state index is 0.657. The molecular weight excluding hydrogens is 264 g/mol.